The second-order valence-electron chi connectivity index (χ2n) is 4.90. The monoisotopic (exact) mass is 408 g/mol. The fourth-order valence-corrected chi connectivity index (χ4v) is 2.42. The molecule has 1 aromatic heterocycles. The van der Waals surface area contributed by atoms with Gasteiger partial charge in [-0.1, -0.05) is 5.16 Å². The topological polar surface area (TPSA) is 170 Å². The molecule has 2 N–H and O–H groups in total. The number of nitro groups is 1. The Hall–Kier alpha value is -3.87. The standard InChI is InChI=1S/C15H12N4O8S/c20-8-16-15-17-11(7-28-15)13(14(22)23)18-27-6-12(21)26-5-9-1-3-10(4-2-9)19(24)25/h1-4,7-8H,5-6H2,(H,22,23)(H,16,17,20). The third kappa shape index (κ3) is 5.84. The molecule has 0 spiro atoms. The predicted octanol–water partition coefficient (Wildman–Crippen LogP) is 1.17. The number of aromatic nitrogens is 1. The third-order valence-electron chi connectivity index (χ3n) is 3.02. The average Bonchev–Trinajstić information content (AvgIpc) is 3.12. The molecule has 146 valence electrons. The molecule has 0 aliphatic heterocycles. The number of esters is 1. The average molecular weight is 408 g/mol. The van der Waals surface area contributed by atoms with Gasteiger partial charge in [-0.3, -0.25) is 14.9 Å². The molecule has 2 rings (SSSR count). The van der Waals surface area contributed by atoms with Crippen molar-refractivity contribution < 1.29 is 34.0 Å². The number of rotatable bonds is 10. The van der Waals surface area contributed by atoms with Gasteiger partial charge in [-0.05, 0) is 17.7 Å². The summed E-state index contributed by atoms with van der Waals surface area (Å²) in [5, 5.41) is 26.8. The van der Waals surface area contributed by atoms with E-state index in [0.29, 0.717) is 12.0 Å². The highest BCUT2D eigenvalue weighted by Gasteiger charge is 2.18. The SMILES string of the molecule is O=CNc1nc(C(=NOCC(=O)OCc2ccc([N+](=O)[O-])cc2)C(=O)O)cs1. The number of carbonyl (C=O) groups excluding carboxylic acids is 2. The van der Waals surface area contributed by atoms with Gasteiger partial charge < -0.3 is 20.0 Å². The first-order valence-corrected chi connectivity index (χ1v) is 8.27. The number of aliphatic carboxylic acids is 1. The smallest absolute Gasteiger partial charge is 0.360 e. The lowest BCUT2D eigenvalue weighted by Gasteiger charge is -2.04. The van der Waals surface area contributed by atoms with E-state index < -0.39 is 29.2 Å². The number of non-ortho nitro benzene ring substituents is 1. The number of nitro benzene ring substituents is 1. The Morgan fingerprint density at radius 1 is 1.36 bits per heavy atom. The first-order valence-electron chi connectivity index (χ1n) is 7.39. The number of thiazole rings is 1. The highest BCUT2D eigenvalue weighted by Crippen LogP contribution is 2.16. The van der Waals surface area contributed by atoms with Gasteiger partial charge in [0.2, 0.25) is 18.7 Å². The van der Waals surface area contributed by atoms with Crippen LogP contribution in [-0.2, 0) is 30.6 Å². The molecular formula is C15H12N4O8S. The summed E-state index contributed by atoms with van der Waals surface area (Å²) in [6.45, 7) is -0.810. The van der Waals surface area contributed by atoms with Gasteiger partial charge in [0.25, 0.3) is 5.69 Å². The Morgan fingerprint density at radius 3 is 2.68 bits per heavy atom. The van der Waals surface area contributed by atoms with E-state index in [9.17, 15) is 24.5 Å². The minimum atomic E-state index is -1.44. The largest absolute Gasteiger partial charge is 0.476 e. The zero-order valence-electron chi connectivity index (χ0n) is 13.9. The van der Waals surface area contributed by atoms with Crippen LogP contribution in [0, 0.1) is 10.1 Å². The maximum Gasteiger partial charge on any atom is 0.360 e. The molecule has 0 atom stereocenters. The van der Waals surface area contributed by atoms with E-state index >= 15 is 0 Å². The number of oxime groups is 1. The van der Waals surface area contributed by atoms with Crippen molar-refractivity contribution >= 4 is 46.2 Å². The summed E-state index contributed by atoms with van der Waals surface area (Å²) in [4.78, 5) is 51.8. The van der Waals surface area contributed by atoms with Crippen molar-refractivity contribution in [3.05, 3.63) is 51.0 Å². The molecule has 28 heavy (non-hydrogen) atoms. The van der Waals surface area contributed by atoms with Crippen LogP contribution in [0.15, 0.2) is 34.8 Å². The number of carbonyl (C=O) groups is 3. The highest BCUT2D eigenvalue weighted by molar-refractivity contribution is 7.14. The number of nitrogens with zero attached hydrogens (tertiary/aromatic N) is 3. The number of anilines is 1. The van der Waals surface area contributed by atoms with E-state index in [1.54, 1.807) is 0 Å². The Kier molecular flexibility index (Phi) is 7.10. The number of ether oxygens (including phenoxy) is 1. The predicted molar refractivity (Wildman–Crippen MR) is 94.8 cm³/mol. The molecule has 13 heteroatoms. The van der Waals surface area contributed by atoms with Gasteiger partial charge in [-0.15, -0.1) is 11.3 Å². The van der Waals surface area contributed by atoms with E-state index in [2.05, 4.69) is 15.5 Å². The number of nitrogens with one attached hydrogen (secondary N) is 1. The van der Waals surface area contributed by atoms with E-state index in [4.69, 9.17) is 14.7 Å². The van der Waals surface area contributed by atoms with Crippen molar-refractivity contribution in [3.63, 3.8) is 0 Å². The molecule has 0 aliphatic rings. The summed E-state index contributed by atoms with van der Waals surface area (Å²) in [5.74, 6) is -2.27. The third-order valence-corrected chi connectivity index (χ3v) is 3.79. The Morgan fingerprint density at radius 2 is 2.07 bits per heavy atom. The van der Waals surface area contributed by atoms with E-state index in [0.717, 1.165) is 11.3 Å². The maximum atomic E-state index is 11.6. The summed E-state index contributed by atoms with van der Waals surface area (Å²) in [5.41, 5.74) is -0.187. The van der Waals surface area contributed by atoms with Crippen LogP contribution in [0.3, 0.4) is 0 Å². The number of carboxylic acids is 1. The molecule has 1 heterocycles. The number of carboxylic acid groups (broad SMARTS) is 1. The molecule has 0 radical (unpaired) electrons. The Bertz CT molecular complexity index is 909. The molecular weight excluding hydrogens is 396 g/mol. The van der Waals surface area contributed by atoms with Crippen LogP contribution in [0.2, 0.25) is 0 Å². The summed E-state index contributed by atoms with van der Waals surface area (Å²) in [6.07, 6.45) is 0.387. The van der Waals surface area contributed by atoms with Gasteiger partial charge in [0, 0.05) is 17.5 Å². The first kappa shape index (κ1) is 20.4. The number of hydrogen-bond donors (Lipinski definition) is 2. The second kappa shape index (κ2) is 9.72. The van der Waals surface area contributed by atoms with Gasteiger partial charge in [0.15, 0.2) is 5.13 Å². The minimum Gasteiger partial charge on any atom is -0.476 e. The Labute approximate surface area is 160 Å². The zero-order valence-corrected chi connectivity index (χ0v) is 14.7. The van der Waals surface area contributed by atoms with Crippen LogP contribution in [0.4, 0.5) is 10.8 Å². The molecule has 0 bridgehead atoms. The zero-order chi connectivity index (χ0) is 20.5. The van der Waals surface area contributed by atoms with Crippen molar-refractivity contribution in [1.82, 2.24) is 4.98 Å². The highest BCUT2D eigenvalue weighted by atomic mass is 32.1. The Balaban J connectivity index is 1.88. The van der Waals surface area contributed by atoms with Crippen LogP contribution >= 0.6 is 11.3 Å². The van der Waals surface area contributed by atoms with E-state index in [1.807, 2.05) is 0 Å². The van der Waals surface area contributed by atoms with Gasteiger partial charge in [-0.25, -0.2) is 14.6 Å². The summed E-state index contributed by atoms with van der Waals surface area (Å²) < 4.78 is 4.90. The normalized spacial score (nSPS) is 10.8. The van der Waals surface area contributed by atoms with Crippen molar-refractivity contribution in [2.45, 2.75) is 6.61 Å². The number of benzene rings is 1. The maximum absolute atomic E-state index is 11.6. The van der Waals surface area contributed by atoms with Crippen LogP contribution in [-0.4, -0.2) is 45.7 Å². The molecule has 0 fully saturated rings. The van der Waals surface area contributed by atoms with E-state index in [-0.39, 0.29) is 23.1 Å². The van der Waals surface area contributed by atoms with Crippen LogP contribution < -0.4 is 5.32 Å². The minimum absolute atomic E-state index is 0.0545. The molecule has 1 aromatic carbocycles. The molecule has 0 saturated carbocycles. The number of hydrogen-bond acceptors (Lipinski definition) is 10. The fraction of sp³-hybridized carbons (Fsp3) is 0.133. The molecule has 0 saturated heterocycles. The van der Waals surface area contributed by atoms with Crippen LogP contribution in [0.25, 0.3) is 0 Å². The van der Waals surface area contributed by atoms with Crippen molar-refractivity contribution in [2.75, 3.05) is 11.9 Å². The van der Waals surface area contributed by atoms with Crippen LogP contribution in [0.1, 0.15) is 11.3 Å². The summed E-state index contributed by atoms with van der Waals surface area (Å²) in [6, 6.07) is 5.40. The quantitative estimate of drug-likeness (QED) is 0.192. The summed E-state index contributed by atoms with van der Waals surface area (Å²) >= 11 is 0.981. The lowest BCUT2D eigenvalue weighted by atomic mass is 10.2. The fourth-order valence-electron chi connectivity index (χ4n) is 1.76. The van der Waals surface area contributed by atoms with Gasteiger partial charge in [-0.2, -0.15) is 0 Å². The van der Waals surface area contributed by atoms with Crippen molar-refractivity contribution in [2.24, 2.45) is 5.16 Å². The molecule has 0 aliphatic carbocycles. The lowest BCUT2D eigenvalue weighted by Crippen LogP contribution is -2.17. The molecule has 2 aromatic rings. The van der Waals surface area contributed by atoms with E-state index in [1.165, 1.54) is 29.6 Å². The van der Waals surface area contributed by atoms with Crippen molar-refractivity contribution in [1.29, 1.82) is 0 Å². The van der Waals surface area contributed by atoms with Crippen molar-refractivity contribution in [3.8, 4) is 0 Å². The molecule has 1 amide bonds. The summed E-state index contributed by atoms with van der Waals surface area (Å²) in [7, 11) is 0. The van der Waals surface area contributed by atoms with Gasteiger partial charge in [0.05, 0.1) is 4.92 Å². The molecule has 0 unspecified atom stereocenters. The van der Waals surface area contributed by atoms with Gasteiger partial charge >= 0.3 is 11.9 Å². The molecule has 12 nitrogen and oxygen atoms in total. The second-order valence-corrected chi connectivity index (χ2v) is 5.76. The number of amides is 1. The first-order chi connectivity index (χ1) is 13.4. The lowest BCUT2D eigenvalue weighted by molar-refractivity contribution is -0.384. The van der Waals surface area contributed by atoms with Gasteiger partial charge in [0.1, 0.15) is 12.3 Å². The van der Waals surface area contributed by atoms with Crippen LogP contribution in [0.5, 0.6) is 0 Å².